The monoisotopic (exact) mass is 298 g/mol. The first-order valence-electron chi connectivity index (χ1n) is 6.64. The smallest absolute Gasteiger partial charge is 0.347 e. The first-order chi connectivity index (χ1) is 10.6. The van der Waals surface area contributed by atoms with Crippen LogP contribution in [-0.4, -0.2) is 24.2 Å². The van der Waals surface area contributed by atoms with Crippen LogP contribution < -0.4 is 15.1 Å². The standard InChI is InChI=1S/C16H14N2O4/c1-9-5-4-6-11-13(9)16(19)22-15(17-11)10-7-8-12(20-2)18-14(10)21-3/h4-8H,1-3H3. The molecule has 0 aliphatic rings. The largest absolute Gasteiger partial charge is 0.481 e. The molecule has 112 valence electrons. The highest BCUT2D eigenvalue weighted by Crippen LogP contribution is 2.29. The van der Waals surface area contributed by atoms with E-state index in [0.29, 0.717) is 22.3 Å². The Labute approximate surface area is 126 Å². The number of ether oxygens (including phenoxy) is 2. The minimum atomic E-state index is -0.434. The van der Waals surface area contributed by atoms with E-state index in [1.807, 2.05) is 19.1 Å². The van der Waals surface area contributed by atoms with Crippen molar-refractivity contribution >= 4 is 10.9 Å². The number of rotatable bonds is 3. The van der Waals surface area contributed by atoms with Crippen molar-refractivity contribution in [3.8, 4) is 23.2 Å². The van der Waals surface area contributed by atoms with Gasteiger partial charge in [0.2, 0.25) is 17.7 Å². The van der Waals surface area contributed by atoms with E-state index in [9.17, 15) is 4.79 Å². The fourth-order valence-electron chi connectivity index (χ4n) is 2.25. The molecule has 6 heteroatoms. The third-order valence-electron chi connectivity index (χ3n) is 3.33. The van der Waals surface area contributed by atoms with Crippen LogP contribution in [0.1, 0.15) is 5.56 Å². The SMILES string of the molecule is COc1ccc(-c2nc3cccc(C)c3c(=O)o2)c(OC)n1. The lowest BCUT2D eigenvalue weighted by Crippen LogP contribution is -2.05. The molecule has 0 aliphatic heterocycles. The summed E-state index contributed by atoms with van der Waals surface area (Å²) in [6, 6.07) is 8.80. The summed E-state index contributed by atoms with van der Waals surface area (Å²) in [4.78, 5) is 20.8. The maximum atomic E-state index is 12.2. The maximum absolute atomic E-state index is 12.2. The average molecular weight is 298 g/mol. The van der Waals surface area contributed by atoms with Gasteiger partial charge in [-0.05, 0) is 24.6 Å². The van der Waals surface area contributed by atoms with E-state index in [-0.39, 0.29) is 11.8 Å². The second kappa shape index (κ2) is 5.48. The number of hydrogen-bond acceptors (Lipinski definition) is 6. The molecule has 0 N–H and O–H groups in total. The molecule has 0 aliphatic carbocycles. The van der Waals surface area contributed by atoms with Gasteiger partial charge in [-0.3, -0.25) is 0 Å². The zero-order valence-electron chi connectivity index (χ0n) is 12.4. The molecular formula is C16H14N2O4. The first kappa shape index (κ1) is 14.1. The molecule has 0 fully saturated rings. The summed E-state index contributed by atoms with van der Waals surface area (Å²) in [6.45, 7) is 1.84. The van der Waals surface area contributed by atoms with Gasteiger partial charge in [-0.25, -0.2) is 9.78 Å². The Bertz CT molecular complexity index is 902. The molecule has 3 rings (SSSR count). The molecule has 22 heavy (non-hydrogen) atoms. The second-order valence-corrected chi connectivity index (χ2v) is 4.69. The molecule has 0 bridgehead atoms. The molecule has 6 nitrogen and oxygen atoms in total. The maximum Gasteiger partial charge on any atom is 0.347 e. The van der Waals surface area contributed by atoms with Crippen LogP contribution in [0.2, 0.25) is 0 Å². The third kappa shape index (κ3) is 2.28. The van der Waals surface area contributed by atoms with Gasteiger partial charge in [-0.2, -0.15) is 4.98 Å². The van der Waals surface area contributed by atoms with Gasteiger partial charge in [-0.15, -0.1) is 0 Å². The number of hydrogen-bond donors (Lipinski definition) is 0. The quantitative estimate of drug-likeness (QED) is 0.740. The summed E-state index contributed by atoms with van der Waals surface area (Å²) < 4.78 is 15.6. The molecule has 1 aromatic carbocycles. The van der Waals surface area contributed by atoms with E-state index in [2.05, 4.69) is 9.97 Å². The van der Waals surface area contributed by atoms with E-state index in [0.717, 1.165) is 5.56 Å². The highest BCUT2D eigenvalue weighted by atomic mass is 16.5. The minimum absolute atomic E-state index is 0.162. The normalized spacial score (nSPS) is 10.7. The topological polar surface area (TPSA) is 74.5 Å². The van der Waals surface area contributed by atoms with E-state index in [4.69, 9.17) is 13.9 Å². The van der Waals surface area contributed by atoms with Gasteiger partial charge in [0.15, 0.2) is 0 Å². The minimum Gasteiger partial charge on any atom is -0.481 e. The van der Waals surface area contributed by atoms with Crippen LogP contribution in [0.5, 0.6) is 11.8 Å². The van der Waals surface area contributed by atoms with Gasteiger partial charge in [0, 0.05) is 6.07 Å². The molecule has 0 saturated carbocycles. The Morgan fingerprint density at radius 1 is 1.05 bits per heavy atom. The van der Waals surface area contributed by atoms with Crippen molar-refractivity contribution in [2.24, 2.45) is 0 Å². The van der Waals surface area contributed by atoms with Gasteiger partial charge >= 0.3 is 5.63 Å². The molecule has 0 unspecified atom stereocenters. The first-order valence-corrected chi connectivity index (χ1v) is 6.64. The molecule has 2 heterocycles. The van der Waals surface area contributed by atoms with Gasteiger partial charge in [0.05, 0.1) is 30.7 Å². The van der Waals surface area contributed by atoms with Crippen LogP contribution in [0.3, 0.4) is 0 Å². The highest BCUT2D eigenvalue weighted by molar-refractivity contribution is 5.82. The van der Waals surface area contributed by atoms with Crippen LogP contribution in [-0.2, 0) is 0 Å². The fourth-order valence-corrected chi connectivity index (χ4v) is 2.25. The molecule has 0 saturated heterocycles. The van der Waals surface area contributed by atoms with Crippen LogP contribution >= 0.6 is 0 Å². The number of methoxy groups -OCH3 is 2. The lowest BCUT2D eigenvalue weighted by Gasteiger charge is -2.08. The van der Waals surface area contributed by atoms with Crippen LogP contribution in [0, 0.1) is 6.92 Å². The zero-order chi connectivity index (χ0) is 15.7. The number of pyridine rings is 1. The van der Waals surface area contributed by atoms with Crippen molar-refractivity contribution < 1.29 is 13.9 Å². The number of aryl methyl sites for hydroxylation is 1. The number of fused-ring (bicyclic) bond motifs is 1. The number of aromatic nitrogens is 2. The summed E-state index contributed by atoms with van der Waals surface area (Å²) in [5.41, 5.74) is 1.45. The molecular weight excluding hydrogens is 284 g/mol. The highest BCUT2D eigenvalue weighted by Gasteiger charge is 2.16. The second-order valence-electron chi connectivity index (χ2n) is 4.69. The van der Waals surface area contributed by atoms with Gasteiger partial charge in [-0.1, -0.05) is 12.1 Å². The van der Waals surface area contributed by atoms with Crippen molar-refractivity contribution in [3.05, 3.63) is 46.3 Å². The Morgan fingerprint density at radius 3 is 2.59 bits per heavy atom. The van der Waals surface area contributed by atoms with Crippen molar-refractivity contribution in [2.75, 3.05) is 14.2 Å². The van der Waals surface area contributed by atoms with Crippen molar-refractivity contribution in [1.29, 1.82) is 0 Å². The average Bonchev–Trinajstić information content (AvgIpc) is 2.53. The van der Waals surface area contributed by atoms with Gasteiger partial charge in [0.25, 0.3) is 0 Å². The summed E-state index contributed by atoms with van der Waals surface area (Å²) in [5.74, 6) is 0.844. The van der Waals surface area contributed by atoms with E-state index in [1.54, 1.807) is 18.2 Å². The fraction of sp³-hybridized carbons (Fsp3) is 0.188. The Balaban J connectivity index is 2.25. The Kier molecular flexibility index (Phi) is 3.50. The zero-order valence-corrected chi connectivity index (χ0v) is 12.4. The predicted molar refractivity (Wildman–Crippen MR) is 81.4 cm³/mol. The van der Waals surface area contributed by atoms with E-state index in [1.165, 1.54) is 14.2 Å². The Hall–Kier alpha value is -2.89. The lowest BCUT2D eigenvalue weighted by atomic mass is 10.1. The summed E-state index contributed by atoms with van der Waals surface area (Å²) in [7, 11) is 2.99. The lowest BCUT2D eigenvalue weighted by molar-refractivity contribution is 0.364. The van der Waals surface area contributed by atoms with Crippen molar-refractivity contribution in [3.63, 3.8) is 0 Å². The number of nitrogens with zero attached hydrogens (tertiary/aromatic N) is 2. The Morgan fingerprint density at radius 2 is 1.86 bits per heavy atom. The van der Waals surface area contributed by atoms with Gasteiger partial charge in [0.1, 0.15) is 0 Å². The molecule has 2 aromatic heterocycles. The molecule has 3 aromatic rings. The van der Waals surface area contributed by atoms with Crippen LogP contribution in [0.15, 0.2) is 39.5 Å². The summed E-state index contributed by atoms with van der Waals surface area (Å²) >= 11 is 0. The van der Waals surface area contributed by atoms with E-state index >= 15 is 0 Å². The van der Waals surface area contributed by atoms with Crippen molar-refractivity contribution in [2.45, 2.75) is 6.92 Å². The molecule has 0 spiro atoms. The number of benzene rings is 1. The van der Waals surface area contributed by atoms with E-state index < -0.39 is 5.63 Å². The molecule has 0 atom stereocenters. The third-order valence-corrected chi connectivity index (χ3v) is 3.33. The van der Waals surface area contributed by atoms with Crippen LogP contribution in [0.25, 0.3) is 22.4 Å². The predicted octanol–water partition coefficient (Wildman–Crippen LogP) is 2.58. The molecule has 0 amide bonds. The van der Waals surface area contributed by atoms with Crippen molar-refractivity contribution in [1.82, 2.24) is 9.97 Å². The summed E-state index contributed by atoms with van der Waals surface area (Å²) in [6.07, 6.45) is 0. The van der Waals surface area contributed by atoms with Gasteiger partial charge < -0.3 is 13.9 Å². The molecule has 0 radical (unpaired) electrons. The van der Waals surface area contributed by atoms with Crippen LogP contribution in [0.4, 0.5) is 0 Å². The summed E-state index contributed by atoms with van der Waals surface area (Å²) in [5, 5.41) is 0.478.